The van der Waals surface area contributed by atoms with Crippen LogP contribution in [0.2, 0.25) is 0 Å². The molecule has 3 rings (SSSR count). The van der Waals surface area contributed by atoms with E-state index in [1.54, 1.807) is 12.3 Å². The Bertz CT molecular complexity index is 723. The summed E-state index contributed by atoms with van der Waals surface area (Å²) in [5.41, 5.74) is 8.65. The van der Waals surface area contributed by atoms with Crippen molar-refractivity contribution in [2.45, 2.75) is 13.5 Å². The maximum Gasteiger partial charge on any atom is 0.207 e. The molecule has 0 aliphatic rings. The molecule has 0 radical (unpaired) electrons. The second-order valence-electron chi connectivity index (χ2n) is 4.08. The normalized spacial score (nSPS) is 10.8. The summed E-state index contributed by atoms with van der Waals surface area (Å²) in [6.07, 6.45) is 1.75. The molecular weight excluding hydrogens is 244 g/mol. The van der Waals surface area contributed by atoms with Gasteiger partial charge in [0.25, 0.3) is 0 Å². The first-order valence-corrected chi connectivity index (χ1v) is 5.74. The molecule has 0 aromatic carbocycles. The van der Waals surface area contributed by atoms with Crippen LogP contribution in [-0.2, 0) is 6.61 Å². The molecule has 0 unspecified atom stereocenters. The lowest BCUT2D eigenvalue weighted by Gasteiger charge is -2.08. The Morgan fingerprint density at radius 1 is 1.37 bits per heavy atom. The van der Waals surface area contributed by atoms with Crippen LogP contribution in [0.15, 0.2) is 24.4 Å². The highest BCUT2D eigenvalue weighted by atomic mass is 16.5. The molecule has 0 fully saturated rings. The zero-order valence-electron chi connectivity index (χ0n) is 10.3. The highest BCUT2D eigenvalue weighted by Gasteiger charge is 2.10. The SMILES string of the molecule is Cc1ncccc1COc1cc(N)nc2n[nH]nc12. The van der Waals surface area contributed by atoms with Crippen LogP contribution in [0.4, 0.5) is 5.82 Å². The zero-order valence-corrected chi connectivity index (χ0v) is 10.3. The van der Waals surface area contributed by atoms with Crippen molar-refractivity contribution in [3.05, 3.63) is 35.7 Å². The van der Waals surface area contributed by atoms with E-state index in [1.807, 2.05) is 19.1 Å². The van der Waals surface area contributed by atoms with Crippen LogP contribution in [0, 0.1) is 6.92 Å². The Morgan fingerprint density at radius 2 is 2.26 bits per heavy atom. The summed E-state index contributed by atoms with van der Waals surface area (Å²) in [5, 5.41) is 10.4. The summed E-state index contributed by atoms with van der Waals surface area (Å²) < 4.78 is 5.74. The second-order valence-corrected chi connectivity index (χ2v) is 4.08. The number of aromatic amines is 1. The van der Waals surface area contributed by atoms with Gasteiger partial charge < -0.3 is 10.5 Å². The number of anilines is 1. The molecule has 0 spiro atoms. The standard InChI is InChI=1S/C12H12N6O/c1-7-8(3-2-4-14-7)6-19-9-5-10(13)15-12-11(9)16-18-17-12/h2-5H,6H2,1H3,(H3,13,15,16,17,18). The van der Waals surface area contributed by atoms with Crippen LogP contribution in [0.3, 0.4) is 0 Å². The molecule has 3 heterocycles. The van der Waals surface area contributed by atoms with Gasteiger partial charge in [-0.1, -0.05) is 6.07 Å². The molecule has 3 N–H and O–H groups in total. The highest BCUT2D eigenvalue weighted by Crippen LogP contribution is 2.24. The minimum absolute atomic E-state index is 0.347. The number of nitrogens with two attached hydrogens (primary N) is 1. The molecule has 19 heavy (non-hydrogen) atoms. The third-order valence-corrected chi connectivity index (χ3v) is 2.78. The first-order chi connectivity index (χ1) is 9.24. The molecular formula is C12H12N6O. The fourth-order valence-electron chi connectivity index (χ4n) is 1.76. The Balaban J connectivity index is 1.90. The van der Waals surface area contributed by atoms with Crippen molar-refractivity contribution < 1.29 is 4.74 Å². The van der Waals surface area contributed by atoms with Crippen LogP contribution < -0.4 is 10.5 Å². The zero-order chi connectivity index (χ0) is 13.2. The summed E-state index contributed by atoms with van der Waals surface area (Å²) >= 11 is 0. The number of ether oxygens (including phenoxy) is 1. The third-order valence-electron chi connectivity index (χ3n) is 2.78. The largest absolute Gasteiger partial charge is 0.486 e. The molecule has 0 bridgehead atoms. The molecule has 3 aromatic heterocycles. The summed E-state index contributed by atoms with van der Waals surface area (Å²) in [6, 6.07) is 5.47. The molecule has 0 aliphatic carbocycles. The van der Waals surface area contributed by atoms with E-state index in [0.29, 0.717) is 29.3 Å². The Labute approximate surface area is 108 Å². The lowest BCUT2D eigenvalue weighted by molar-refractivity contribution is 0.308. The van der Waals surface area contributed by atoms with Gasteiger partial charge in [0.15, 0.2) is 11.3 Å². The van der Waals surface area contributed by atoms with Gasteiger partial charge in [0.2, 0.25) is 5.65 Å². The number of fused-ring (bicyclic) bond motifs is 1. The van der Waals surface area contributed by atoms with E-state index in [-0.39, 0.29) is 0 Å². The van der Waals surface area contributed by atoms with Crippen molar-refractivity contribution in [3.8, 4) is 5.75 Å². The fourth-order valence-corrected chi connectivity index (χ4v) is 1.76. The van der Waals surface area contributed by atoms with E-state index >= 15 is 0 Å². The van der Waals surface area contributed by atoms with E-state index in [0.717, 1.165) is 11.3 Å². The Hall–Kier alpha value is -2.70. The molecule has 7 nitrogen and oxygen atoms in total. The van der Waals surface area contributed by atoms with E-state index in [1.165, 1.54) is 0 Å². The van der Waals surface area contributed by atoms with E-state index in [4.69, 9.17) is 10.5 Å². The van der Waals surface area contributed by atoms with Crippen LogP contribution in [0.1, 0.15) is 11.3 Å². The van der Waals surface area contributed by atoms with Gasteiger partial charge in [-0.3, -0.25) is 4.98 Å². The molecule has 96 valence electrons. The predicted molar refractivity (Wildman–Crippen MR) is 69.4 cm³/mol. The highest BCUT2D eigenvalue weighted by molar-refractivity contribution is 5.78. The average molecular weight is 256 g/mol. The van der Waals surface area contributed by atoms with E-state index < -0.39 is 0 Å². The van der Waals surface area contributed by atoms with Crippen molar-refractivity contribution >= 4 is 17.0 Å². The molecule has 0 aliphatic heterocycles. The third kappa shape index (κ3) is 2.17. The van der Waals surface area contributed by atoms with Gasteiger partial charge in [-0.2, -0.15) is 10.3 Å². The van der Waals surface area contributed by atoms with Crippen molar-refractivity contribution in [2.24, 2.45) is 0 Å². The van der Waals surface area contributed by atoms with Crippen molar-refractivity contribution in [1.82, 2.24) is 25.4 Å². The maximum absolute atomic E-state index is 5.74. The number of nitrogen functional groups attached to an aromatic ring is 1. The number of hydrogen-bond acceptors (Lipinski definition) is 6. The number of pyridine rings is 2. The summed E-state index contributed by atoms with van der Waals surface area (Å²) in [5.74, 6) is 0.902. The lowest BCUT2D eigenvalue weighted by atomic mass is 10.2. The topological polar surface area (TPSA) is 103 Å². The Kier molecular flexibility index (Phi) is 2.71. The number of H-pyrrole nitrogens is 1. The number of hydrogen-bond donors (Lipinski definition) is 2. The summed E-state index contributed by atoms with van der Waals surface area (Å²) in [4.78, 5) is 8.26. The van der Waals surface area contributed by atoms with Gasteiger partial charge in [0, 0.05) is 23.5 Å². The minimum Gasteiger partial charge on any atom is -0.486 e. The van der Waals surface area contributed by atoms with Crippen molar-refractivity contribution in [3.63, 3.8) is 0 Å². The molecule has 0 saturated carbocycles. The first kappa shape index (κ1) is 11.4. The number of nitrogens with one attached hydrogen (secondary N) is 1. The van der Waals surface area contributed by atoms with Gasteiger partial charge in [-0.05, 0) is 13.0 Å². The van der Waals surface area contributed by atoms with Gasteiger partial charge in [-0.15, -0.1) is 5.10 Å². The van der Waals surface area contributed by atoms with Gasteiger partial charge in [-0.25, -0.2) is 4.98 Å². The average Bonchev–Trinajstić information content (AvgIpc) is 2.85. The number of rotatable bonds is 3. The molecule has 3 aromatic rings. The fraction of sp³-hybridized carbons (Fsp3) is 0.167. The van der Waals surface area contributed by atoms with Crippen LogP contribution >= 0.6 is 0 Å². The van der Waals surface area contributed by atoms with Crippen molar-refractivity contribution in [2.75, 3.05) is 5.73 Å². The monoisotopic (exact) mass is 256 g/mol. The van der Waals surface area contributed by atoms with E-state index in [2.05, 4.69) is 25.4 Å². The smallest absolute Gasteiger partial charge is 0.207 e. The maximum atomic E-state index is 5.74. The number of aryl methyl sites for hydroxylation is 1. The van der Waals surface area contributed by atoms with Gasteiger partial charge in [0.1, 0.15) is 12.4 Å². The number of aromatic nitrogens is 5. The quantitative estimate of drug-likeness (QED) is 0.730. The van der Waals surface area contributed by atoms with Gasteiger partial charge >= 0.3 is 0 Å². The van der Waals surface area contributed by atoms with Crippen molar-refractivity contribution in [1.29, 1.82) is 0 Å². The molecule has 0 saturated heterocycles. The van der Waals surface area contributed by atoms with Gasteiger partial charge in [0.05, 0.1) is 0 Å². The summed E-state index contributed by atoms with van der Waals surface area (Å²) in [7, 11) is 0. The molecule has 0 amide bonds. The van der Waals surface area contributed by atoms with E-state index in [9.17, 15) is 0 Å². The summed E-state index contributed by atoms with van der Waals surface area (Å²) in [6.45, 7) is 2.33. The molecule has 0 atom stereocenters. The van der Waals surface area contributed by atoms with Crippen LogP contribution in [-0.4, -0.2) is 25.4 Å². The first-order valence-electron chi connectivity index (χ1n) is 5.74. The molecule has 7 heteroatoms. The number of nitrogens with zero attached hydrogens (tertiary/aromatic N) is 4. The van der Waals surface area contributed by atoms with Crippen LogP contribution in [0.5, 0.6) is 5.75 Å². The van der Waals surface area contributed by atoms with Crippen LogP contribution in [0.25, 0.3) is 11.2 Å². The Morgan fingerprint density at radius 3 is 3.11 bits per heavy atom. The lowest BCUT2D eigenvalue weighted by Crippen LogP contribution is -2.01. The predicted octanol–water partition coefficient (Wildman–Crippen LogP) is 1.22. The second kappa shape index (κ2) is 4.52. The minimum atomic E-state index is 0.347.